The van der Waals surface area contributed by atoms with Crippen molar-refractivity contribution in [3.63, 3.8) is 0 Å². The van der Waals surface area contributed by atoms with E-state index in [4.69, 9.17) is 4.74 Å². The van der Waals surface area contributed by atoms with E-state index in [0.717, 1.165) is 0 Å². The SMILES string of the molecule is CNC(=O)[C@@H](NC(=O)Nc1ccc(OC)cc1)c1ccccc1. The number of anilines is 1. The highest BCUT2D eigenvalue weighted by atomic mass is 16.5. The summed E-state index contributed by atoms with van der Waals surface area (Å²) in [5.74, 6) is 0.407. The maximum absolute atomic E-state index is 12.1. The van der Waals surface area contributed by atoms with Gasteiger partial charge < -0.3 is 20.7 Å². The third kappa shape index (κ3) is 4.47. The van der Waals surface area contributed by atoms with Crippen molar-refractivity contribution in [2.45, 2.75) is 6.04 Å². The Morgan fingerprint density at radius 1 is 1.00 bits per heavy atom. The van der Waals surface area contributed by atoms with Gasteiger partial charge in [0, 0.05) is 12.7 Å². The number of carbonyl (C=O) groups excluding carboxylic acids is 2. The topological polar surface area (TPSA) is 79.5 Å². The van der Waals surface area contributed by atoms with Crippen LogP contribution in [0.1, 0.15) is 11.6 Å². The van der Waals surface area contributed by atoms with Crippen LogP contribution in [0.3, 0.4) is 0 Å². The minimum atomic E-state index is -0.764. The second-order valence-corrected chi connectivity index (χ2v) is 4.78. The summed E-state index contributed by atoms with van der Waals surface area (Å²) < 4.78 is 5.06. The monoisotopic (exact) mass is 313 g/mol. The Labute approximate surface area is 134 Å². The molecule has 0 fully saturated rings. The molecule has 0 aliphatic carbocycles. The lowest BCUT2D eigenvalue weighted by Gasteiger charge is -2.18. The minimum Gasteiger partial charge on any atom is -0.497 e. The first-order valence-electron chi connectivity index (χ1n) is 7.12. The minimum absolute atomic E-state index is 0.291. The maximum Gasteiger partial charge on any atom is 0.320 e. The molecular formula is C17H19N3O3. The Hall–Kier alpha value is -3.02. The van der Waals surface area contributed by atoms with Crippen LogP contribution in [-0.2, 0) is 4.79 Å². The van der Waals surface area contributed by atoms with E-state index in [0.29, 0.717) is 17.0 Å². The highest BCUT2D eigenvalue weighted by Gasteiger charge is 2.21. The van der Waals surface area contributed by atoms with Gasteiger partial charge >= 0.3 is 6.03 Å². The molecule has 0 heterocycles. The molecule has 2 rings (SSSR count). The fourth-order valence-corrected chi connectivity index (χ4v) is 2.06. The summed E-state index contributed by atoms with van der Waals surface area (Å²) in [5.41, 5.74) is 1.31. The number of nitrogens with one attached hydrogen (secondary N) is 3. The molecule has 6 nitrogen and oxygen atoms in total. The third-order valence-corrected chi connectivity index (χ3v) is 3.26. The number of hydrogen-bond donors (Lipinski definition) is 3. The molecule has 3 N–H and O–H groups in total. The van der Waals surface area contributed by atoms with Gasteiger partial charge in [-0.2, -0.15) is 0 Å². The van der Waals surface area contributed by atoms with Gasteiger partial charge in [0.1, 0.15) is 11.8 Å². The highest BCUT2D eigenvalue weighted by molar-refractivity contribution is 5.94. The molecule has 0 aliphatic rings. The fourth-order valence-electron chi connectivity index (χ4n) is 2.06. The number of benzene rings is 2. The summed E-state index contributed by atoms with van der Waals surface area (Å²) in [4.78, 5) is 24.2. The van der Waals surface area contributed by atoms with E-state index in [9.17, 15) is 9.59 Å². The second-order valence-electron chi connectivity index (χ2n) is 4.78. The first kappa shape index (κ1) is 16.4. The molecule has 0 radical (unpaired) electrons. The summed E-state index contributed by atoms with van der Waals surface area (Å²) in [6.07, 6.45) is 0. The summed E-state index contributed by atoms with van der Waals surface area (Å²) in [5, 5.41) is 7.90. The Morgan fingerprint density at radius 2 is 1.65 bits per heavy atom. The predicted molar refractivity (Wildman–Crippen MR) is 88.4 cm³/mol. The lowest BCUT2D eigenvalue weighted by Crippen LogP contribution is -2.41. The predicted octanol–water partition coefficient (Wildman–Crippen LogP) is 2.30. The molecule has 0 aliphatic heterocycles. The Bertz CT molecular complexity index is 657. The van der Waals surface area contributed by atoms with E-state index in [1.165, 1.54) is 7.05 Å². The molecule has 1 atom stereocenters. The van der Waals surface area contributed by atoms with Crippen LogP contribution in [-0.4, -0.2) is 26.1 Å². The number of ether oxygens (including phenoxy) is 1. The molecule has 0 bridgehead atoms. The van der Waals surface area contributed by atoms with Crippen LogP contribution in [0.2, 0.25) is 0 Å². The number of rotatable bonds is 5. The molecule has 120 valence electrons. The van der Waals surface area contributed by atoms with Crippen molar-refractivity contribution in [1.29, 1.82) is 0 Å². The van der Waals surface area contributed by atoms with Gasteiger partial charge in [0.25, 0.3) is 0 Å². The van der Waals surface area contributed by atoms with Crippen LogP contribution in [0.15, 0.2) is 54.6 Å². The normalized spacial score (nSPS) is 11.2. The molecule has 0 aromatic heterocycles. The van der Waals surface area contributed by atoms with E-state index in [2.05, 4.69) is 16.0 Å². The first-order chi connectivity index (χ1) is 11.1. The van der Waals surface area contributed by atoms with Gasteiger partial charge in [-0.05, 0) is 29.8 Å². The van der Waals surface area contributed by atoms with Crippen molar-refractivity contribution in [3.05, 3.63) is 60.2 Å². The molecule has 23 heavy (non-hydrogen) atoms. The highest BCUT2D eigenvalue weighted by Crippen LogP contribution is 2.16. The zero-order valence-electron chi connectivity index (χ0n) is 13.0. The molecule has 0 spiro atoms. The number of carbonyl (C=O) groups is 2. The summed E-state index contributed by atoms with van der Waals surface area (Å²) in [7, 11) is 3.10. The summed E-state index contributed by atoms with van der Waals surface area (Å²) >= 11 is 0. The van der Waals surface area contributed by atoms with Crippen molar-refractivity contribution >= 4 is 17.6 Å². The fraction of sp³-hybridized carbons (Fsp3) is 0.176. The Kier molecular flexibility index (Phi) is 5.57. The van der Waals surface area contributed by atoms with Crippen LogP contribution >= 0.6 is 0 Å². The van der Waals surface area contributed by atoms with Crippen molar-refractivity contribution < 1.29 is 14.3 Å². The quantitative estimate of drug-likeness (QED) is 0.792. The number of urea groups is 1. The molecule has 0 unspecified atom stereocenters. The lowest BCUT2D eigenvalue weighted by molar-refractivity contribution is -0.122. The average Bonchev–Trinajstić information content (AvgIpc) is 2.60. The number of likely N-dealkylation sites (N-methyl/N-ethyl adjacent to an activating group) is 1. The van der Waals surface area contributed by atoms with E-state index in [1.807, 2.05) is 18.2 Å². The van der Waals surface area contributed by atoms with E-state index in [1.54, 1.807) is 43.5 Å². The lowest BCUT2D eigenvalue weighted by atomic mass is 10.1. The molecule has 0 saturated heterocycles. The van der Waals surface area contributed by atoms with Crippen LogP contribution < -0.4 is 20.7 Å². The molecule has 3 amide bonds. The van der Waals surface area contributed by atoms with Crippen LogP contribution in [0.5, 0.6) is 5.75 Å². The zero-order chi connectivity index (χ0) is 16.7. The van der Waals surface area contributed by atoms with Crippen LogP contribution in [0.25, 0.3) is 0 Å². The number of amides is 3. The van der Waals surface area contributed by atoms with Gasteiger partial charge in [-0.3, -0.25) is 4.79 Å². The van der Waals surface area contributed by atoms with Gasteiger partial charge in [0.2, 0.25) is 5.91 Å². The Morgan fingerprint density at radius 3 is 2.22 bits per heavy atom. The summed E-state index contributed by atoms with van der Waals surface area (Å²) in [6.45, 7) is 0. The Balaban J connectivity index is 2.06. The molecule has 2 aromatic rings. The van der Waals surface area contributed by atoms with Gasteiger partial charge in [0.05, 0.1) is 7.11 Å². The number of methoxy groups -OCH3 is 1. The van der Waals surface area contributed by atoms with E-state index >= 15 is 0 Å². The van der Waals surface area contributed by atoms with Crippen LogP contribution in [0, 0.1) is 0 Å². The van der Waals surface area contributed by atoms with Crippen molar-refractivity contribution in [2.75, 3.05) is 19.5 Å². The largest absolute Gasteiger partial charge is 0.497 e. The third-order valence-electron chi connectivity index (χ3n) is 3.26. The maximum atomic E-state index is 12.1. The second kappa shape index (κ2) is 7.84. The summed E-state index contributed by atoms with van der Waals surface area (Å²) in [6, 6.07) is 14.7. The smallest absolute Gasteiger partial charge is 0.320 e. The van der Waals surface area contributed by atoms with Gasteiger partial charge in [-0.25, -0.2) is 4.79 Å². The standard InChI is InChI=1S/C17H19N3O3/c1-18-16(21)15(12-6-4-3-5-7-12)20-17(22)19-13-8-10-14(23-2)11-9-13/h3-11,15H,1-2H3,(H,18,21)(H2,19,20,22)/t15-/m0/s1. The van der Waals surface area contributed by atoms with Gasteiger partial charge in [0.15, 0.2) is 0 Å². The molecule has 6 heteroatoms. The van der Waals surface area contributed by atoms with Crippen LogP contribution in [0.4, 0.5) is 10.5 Å². The van der Waals surface area contributed by atoms with E-state index < -0.39 is 12.1 Å². The van der Waals surface area contributed by atoms with Crippen molar-refractivity contribution in [3.8, 4) is 5.75 Å². The molecule has 2 aromatic carbocycles. The van der Waals surface area contributed by atoms with Crippen molar-refractivity contribution in [1.82, 2.24) is 10.6 Å². The zero-order valence-corrected chi connectivity index (χ0v) is 13.0. The van der Waals surface area contributed by atoms with Gasteiger partial charge in [-0.1, -0.05) is 30.3 Å². The van der Waals surface area contributed by atoms with Gasteiger partial charge in [-0.15, -0.1) is 0 Å². The van der Waals surface area contributed by atoms with Crippen molar-refractivity contribution in [2.24, 2.45) is 0 Å². The molecule has 0 saturated carbocycles. The molecular weight excluding hydrogens is 294 g/mol. The first-order valence-corrected chi connectivity index (χ1v) is 7.12. The average molecular weight is 313 g/mol. The number of hydrogen-bond acceptors (Lipinski definition) is 3. The van der Waals surface area contributed by atoms with E-state index in [-0.39, 0.29) is 5.91 Å².